The largest absolute Gasteiger partial charge is 0.381 e. The fraction of sp³-hybridized carbons (Fsp3) is 0.500. The number of pyridine rings is 1. The summed E-state index contributed by atoms with van der Waals surface area (Å²) in [6, 6.07) is 5.57. The average Bonchev–Trinajstić information content (AvgIpc) is 2.82. The van der Waals surface area contributed by atoms with E-state index in [0.29, 0.717) is 19.0 Å². The minimum atomic E-state index is -0.0418. The molecule has 1 amide bonds. The van der Waals surface area contributed by atoms with Gasteiger partial charge in [0.25, 0.3) is 0 Å². The maximum Gasteiger partial charge on any atom is 0.231 e. The Morgan fingerprint density at radius 1 is 1.53 bits per heavy atom. The minimum Gasteiger partial charge on any atom is -0.381 e. The molecule has 1 aromatic rings. The normalized spacial score (nSPS) is 19.1. The van der Waals surface area contributed by atoms with Gasteiger partial charge < -0.3 is 15.0 Å². The molecule has 1 N–H and O–H groups in total. The number of carbonyl (C=O) groups is 1. The number of hydrogen-bond donors (Lipinski definition) is 1. The number of nitrogens with one attached hydrogen (secondary N) is 1. The lowest BCUT2D eigenvalue weighted by Crippen LogP contribution is -2.23. The third kappa shape index (κ3) is 2.94. The molecule has 2 rings (SSSR count). The zero-order valence-corrected chi connectivity index (χ0v) is 10.1. The number of amides is 1. The maximum atomic E-state index is 11.9. The van der Waals surface area contributed by atoms with Gasteiger partial charge in [0.15, 0.2) is 0 Å². The van der Waals surface area contributed by atoms with Gasteiger partial charge in [0, 0.05) is 20.7 Å². The predicted molar refractivity (Wildman–Crippen MR) is 66.1 cm³/mol. The first-order chi connectivity index (χ1) is 8.16. The van der Waals surface area contributed by atoms with E-state index in [1.807, 2.05) is 31.1 Å². The van der Waals surface area contributed by atoms with Crippen LogP contribution in [0.25, 0.3) is 0 Å². The van der Waals surface area contributed by atoms with E-state index in [1.54, 1.807) is 6.07 Å². The Hall–Kier alpha value is -1.62. The van der Waals surface area contributed by atoms with Crippen molar-refractivity contribution in [3.63, 3.8) is 0 Å². The Balaban J connectivity index is 2.02. The van der Waals surface area contributed by atoms with Crippen molar-refractivity contribution in [3.8, 4) is 0 Å². The van der Waals surface area contributed by atoms with Crippen molar-refractivity contribution in [2.24, 2.45) is 5.92 Å². The van der Waals surface area contributed by atoms with E-state index in [4.69, 9.17) is 4.74 Å². The van der Waals surface area contributed by atoms with Crippen molar-refractivity contribution in [2.45, 2.75) is 6.42 Å². The summed E-state index contributed by atoms with van der Waals surface area (Å²) in [6.07, 6.45) is 0.791. The molecule has 5 heteroatoms. The summed E-state index contributed by atoms with van der Waals surface area (Å²) in [6.45, 7) is 1.18. The van der Waals surface area contributed by atoms with Crippen LogP contribution in [-0.2, 0) is 9.53 Å². The standard InChI is InChI=1S/C12H17N3O2/c1-15(2)11-5-3-4-10(13-11)14-12(16)9-6-7-17-8-9/h3-5,9H,6-8H2,1-2H3,(H,13,14,16)/t9-/m1/s1. The van der Waals surface area contributed by atoms with Crippen LogP contribution in [0.4, 0.5) is 11.6 Å². The number of hydrogen-bond acceptors (Lipinski definition) is 4. The smallest absolute Gasteiger partial charge is 0.231 e. The van der Waals surface area contributed by atoms with Gasteiger partial charge in [-0.2, -0.15) is 0 Å². The van der Waals surface area contributed by atoms with E-state index < -0.39 is 0 Å². The number of anilines is 2. The zero-order chi connectivity index (χ0) is 12.3. The van der Waals surface area contributed by atoms with Gasteiger partial charge in [-0.3, -0.25) is 4.79 Å². The van der Waals surface area contributed by atoms with Crippen molar-refractivity contribution in [1.82, 2.24) is 4.98 Å². The highest BCUT2D eigenvalue weighted by atomic mass is 16.5. The highest BCUT2D eigenvalue weighted by Gasteiger charge is 2.23. The van der Waals surface area contributed by atoms with Crippen molar-refractivity contribution in [1.29, 1.82) is 0 Å². The van der Waals surface area contributed by atoms with Gasteiger partial charge >= 0.3 is 0 Å². The number of carbonyl (C=O) groups excluding carboxylic acids is 1. The van der Waals surface area contributed by atoms with E-state index in [2.05, 4.69) is 10.3 Å². The minimum absolute atomic E-state index is 0.00842. The summed E-state index contributed by atoms with van der Waals surface area (Å²) in [5, 5.41) is 2.82. The molecule has 1 aliphatic heterocycles. The molecule has 0 radical (unpaired) electrons. The Bertz CT molecular complexity index is 400. The van der Waals surface area contributed by atoms with E-state index in [1.165, 1.54) is 0 Å². The Kier molecular flexibility index (Phi) is 3.58. The zero-order valence-electron chi connectivity index (χ0n) is 10.1. The second-order valence-corrected chi connectivity index (χ2v) is 4.33. The quantitative estimate of drug-likeness (QED) is 0.853. The fourth-order valence-electron chi connectivity index (χ4n) is 1.71. The Morgan fingerprint density at radius 3 is 3.00 bits per heavy atom. The average molecular weight is 235 g/mol. The Labute approximate surface area is 101 Å². The van der Waals surface area contributed by atoms with Crippen LogP contribution in [-0.4, -0.2) is 38.2 Å². The molecule has 0 aromatic carbocycles. The van der Waals surface area contributed by atoms with Crippen LogP contribution in [0.5, 0.6) is 0 Å². The van der Waals surface area contributed by atoms with Gasteiger partial charge in [-0.25, -0.2) is 4.98 Å². The molecule has 0 saturated carbocycles. The van der Waals surface area contributed by atoms with Crippen LogP contribution in [0.3, 0.4) is 0 Å². The molecule has 2 heterocycles. The van der Waals surface area contributed by atoms with E-state index >= 15 is 0 Å². The van der Waals surface area contributed by atoms with E-state index in [-0.39, 0.29) is 11.8 Å². The lowest BCUT2D eigenvalue weighted by molar-refractivity contribution is -0.119. The van der Waals surface area contributed by atoms with Gasteiger partial charge in [0.05, 0.1) is 12.5 Å². The summed E-state index contributed by atoms with van der Waals surface area (Å²) < 4.78 is 5.19. The monoisotopic (exact) mass is 235 g/mol. The predicted octanol–water partition coefficient (Wildman–Crippen LogP) is 1.12. The van der Waals surface area contributed by atoms with Crippen molar-refractivity contribution >= 4 is 17.5 Å². The molecule has 0 bridgehead atoms. The first kappa shape index (κ1) is 11.9. The van der Waals surface area contributed by atoms with Crippen LogP contribution in [0.1, 0.15) is 6.42 Å². The van der Waals surface area contributed by atoms with E-state index in [9.17, 15) is 4.79 Å². The number of nitrogens with zero attached hydrogens (tertiary/aromatic N) is 2. The molecule has 1 fully saturated rings. The molecule has 5 nitrogen and oxygen atoms in total. The summed E-state index contributed by atoms with van der Waals surface area (Å²) in [7, 11) is 3.83. The molecule has 92 valence electrons. The molecule has 1 aromatic heterocycles. The first-order valence-electron chi connectivity index (χ1n) is 5.70. The summed E-state index contributed by atoms with van der Waals surface area (Å²) in [5.74, 6) is 1.37. The number of ether oxygens (including phenoxy) is 1. The second-order valence-electron chi connectivity index (χ2n) is 4.33. The van der Waals surface area contributed by atoms with Gasteiger partial charge in [-0.05, 0) is 18.6 Å². The van der Waals surface area contributed by atoms with Gasteiger partial charge in [-0.15, -0.1) is 0 Å². The van der Waals surface area contributed by atoms with Crippen molar-refractivity contribution in [2.75, 3.05) is 37.5 Å². The molecule has 0 spiro atoms. The molecule has 1 saturated heterocycles. The maximum absolute atomic E-state index is 11.9. The molecular formula is C12H17N3O2. The lowest BCUT2D eigenvalue weighted by Gasteiger charge is -2.13. The first-order valence-corrected chi connectivity index (χ1v) is 5.70. The van der Waals surface area contributed by atoms with Crippen LogP contribution >= 0.6 is 0 Å². The highest BCUT2D eigenvalue weighted by molar-refractivity contribution is 5.92. The SMILES string of the molecule is CN(C)c1cccc(NC(=O)[C@@H]2CCOC2)n1. The van der Waals surface area contributed by atoms with Crippen molar-refractivity contribution < 1.29 is 9.53 Å². The van der Waals surface area contributed by atoms with Gasteiger partial charge in [0.2, 0.25) is 5.91 Å². The Morgan fingerprint density at radius 2 is 2.35 bits per heavy atom. The second kappa shape index (κ2) is 5.14. The van der Waals surface area contributed by atoms with Crippen LogP contribution in [0.2, 0.25) is 0 Å². The number of rotatable bonds is 3. The molecule has 0 unspecified atom stereocenters. The number of aromatic nitrogens is 1. The lowest BCUT2D eigenvalue weighted by atomic mass is 10.1. The molecule has 0 aliphatic carbocycles. The summed E-state index contributed by atoms with van der Waals surface area (Å²) in [5.41, 5.74) is 0. The van der Waals surface area contributed by atoms with E-state index in [0.717, 1.165) is 12.2 Å². The molecule has 1 atom stereocenters. The van der Waals surface area contributed by atoms with Crippen LogP contribution in [0.15, 0.2) is 18.2 Å². The highest BCUT2D eigenvalue weighted by Crippen LogP contribution is 2.16. The summed E-state index contributed by atoms with van der Waals surface area (Å²) >= 11 is 0. The topological polar surface area (TPSA) is 54.5 Å². The van der Waals surface area contributed by atoms with Crippen molar-refractivity contribution in [3.05, 3.63) is 18.2 Å². The molecule has 1 aliphatic rings. The molecule has 17 heavy (non-hydrogen) atoms. The third-order valence-corrected chi connectivity index (χ3v) is 2.74. The fourth-order valence-corrected chi connectivity index (χ4v) is 1.71. The van der Waals surface area contributed by atoms with Gasteiger partial charge in [0.1, 0.15) is 11.6 Å². The summed E-state index contributed by atoms with van der Waals surface area (Å²) in [4.78, 5) is 18.1. The third-order valence-electron chi connectivity index (χ3n) is 2.74. The van der Waals surface area contributed by atoms with Crippen LogP contribution < -0.4 is 10.2 Å². The van der Waals surface area contributed by atoms with Crippen LogP contribution in [0, 0.1) is 5.92 Å². The van der Waals surface area contributed by atoms with Gasteiger partial charge in [-0.1, -0.05) is 6.07 Å². The molecular weight excluding hydrogens is 218 g/mol.